The summed E-state index contributed by atoms with van der Waals surface area (Å²) in [6, 6.07) is 16.7. The maximum atomic E-state index is 13.4. The maximum absolute atomic E-state index is 13.4. The molecular weight excluding hydrogens is 391 g/mol. The fourth-order valence-corrected chi connectivity index (χ4v) is 4.05. The van der Waals surface area contributed by atoms with Gasteiger partial charge in [0, 0.05) is 28.7 Å². The van der Waals surface area contributed by atoms with E-state index in [1.165, 1.54) is 12.1 Å². The summed E-state index contributed by atoms with van der Waals surface area (Å²) in [6.45, 7) is 2.03. The van der Waals surface area contributed by atoms with E-state index in [1.807, 2.05) is 42.2 Å². The molecule has 0 aliphatic carbocycles. The summed E-state index contributed by atoms with van der Waals surface area (Å²) >= 11 is 0. The van der Waals surface area contributed by atoms with E-state index in [0.717, 1.165) is 49.7 Å². The third-order valence-electron chi connectivity index (χ3n) is 5.75. The fraction of sp³-hybridized carbons (Fsp3) is 0.0833. The zero-order valence-electron chi connectivity index (χ0n) is 16.6. The Morgan fingerprint density at radius 1 is 0.903 bits per heavy atom. The van der Waals surface area contributed by atoms with Gasteiger partial charge in [0.25, 0.3) is 0 Å². The highest BCUT2D eigenvalue weighted by Gasteiger charge is 2.17. The molecule has 6 rings (SSSR count). The molecule has 0 bridgehead atoms. The molecule has 0 radical (unpaired) electrons. The number of fused-ring (bicyclic) bond motifs is 4. The molecule has 0 aliphatic rings. The molecule has 0 spiro atoms. The van der Waals surface area contributed by atoms with Crippen LogP contribution in [0.4, 0.5) is 4.39 Å². The standard InChI is InChI=1S/C24H17FN6/c1-14(15-2-5-19(25)6-3-15)31-23-20-11-16(4-7-21(20)27-13-22(23)29-30-31)18-10-17-8-9-26-24(17)28-12-18/h2-14H,1H3,(H,26,28)/t14-/m1/s1. The second kappa shape index (κ2) is 6.70. The molecule has 7 heteroatoms. The van der Waals surface area contributed by atoms with Gasteiger partial charge in [-0.2, -0.15) is 0 Å². The average molecular weight is 408 g/mol. The van der Waals surface area contributed by atoms with Crippen LogP contribution in [0.15, 0.2) is 73.2 Å². The zero-order valence-corrected chi connectivity index (χ0v) is 16.6. The number of halogens is 1. The minimum absolute atomic E-state index is 0.113. The highest BCUT2D eigenvalue weighted by molar-refractivity contribution is 6.03. The molecule has 31 heavy (non-hydrogen) atoms. The topological polar surface area (TPSA) is 72.3 Å². The van der Waals surface area contributed by atoms with Crippen LogP contribution < -0.4 is 0 Å². The minimum atomic E-state index is -0.258. The molecule has 4 aromatic heterocycles. The summed E-state index contributed by atoms with van der Waals surface area (Å²) in [5.74, 6) is -0.258. The SMILES string of the molecule is C[C@H](c1ccc(F)cc1)n1nnc2cnc3ccc(-c4cnc5[nH]ccc5c4)cc3c21. The molecule has 0 saturated heterocycles. The Labute approximate surface area is 176 Å². The van der Waals surface area contributed by atoms with Crippen LogP contribution in [0.3, 0.4) is 0 Å². The number of rotatable bonds is 3. The van der Waals surface area contributed by atoms with Crippen molar-refractivity contribution in [3.05, 3.63) is 84.6 Å². The van der Waals surface area contributed by atoms with Crippen LogP contribution in [0, 0.1) is 5.82 Å². The summed E-state index contributed by atoms with van der Waals surface area (Å²) in [5, 5.41) is 10.7. The van der Waals surface area contributed by atoms with Crippen LogP contribution in [-0.2, 0) is 0 Å². The lowest BCUT2D eigenvalue weighted by Gasteiger charge is -2.14. The summed E-state index contributed by atoms with van der Waals surface area (Å²) in [7, 11) is 0. The lowest BCUT2D eigenvalue weighted by Crippen LogP contribution is -2.09. The quantitative estimate of drug-likeness (QED) is 0.433. The minimum Gasteiger partial charge on any atom is -0.346 e. The molecular formula is C24H17FN6. The molecule has 1 N–H and O–H groups in total. The molecule has 0 fully saturated rings. The number of benzene rings is 2. The van der Waals surface area contributed by atoms with Crippen molar-refractivity contribution in [1.82, 2.24) is 29.9 Å². The van der Waals surface area contributed by atoms with Crippen LogP contribution in [0.1, 0.15) is 18.5 Å². The molecule has 6 nitrogen and oxygen atoms in total. The van der Waals surface area contributed by atoms with Crippen molar-refractivity contribution in [2.45, 2.75) is 13.0 Å². The molecule has 4 heterocycles. The van der Waals surface area contributed by atoms with Crippen molar-refractivity contribution in [2.75, 3.05) is 0 Å². The normalized spacial score (nSPS) is 12.7. The second-order valence-electron chi connectivity index (χ2n) is 7.63. The second-order valence-corrected chi connectivity index (χ2v) is 7.63. The lowest BCUT2D eigenvalue weighted by atomic mass is 10.0. The van der Waals surface area contributed by atoms with Crippen molar-refractivity contribution in [3.63, 3.8) is 0 Å². The summed E-state index contributed by atoms with van der Waals surface area (Å²) in [4.78, 5) is 12.2. The van der Waals surface area contributed by atoms with Crippen molar-refractivity contribution in [3.8, 4) is 11.1 Å². The van der Waals surface area contributed by atoms with Gasteiger partial charge < -0.3 is 4.98 Å². The number of pyridine rings is 2. The van der Waals surface area contributed by atoms with Gasteiger partial charge >= 0.3 is 0 Å². The van der Waals surface area contributed by atoms with E-state index in [1.54, 1.807) is 18.3 Å². The molecule has 1 atom stereocenters. The Bertz CT molecular complexity index is 1560. The highest BCUT2D eigenvalue weighted by atomic mass is 19.1. The highest BCUT2D eigenvalue weighted by Crippen LogP contribution is 2.31. The van der Waals surface area contributed by atoms with Gasteiger partial charge in [-0.3, -0.25) is 4.98 Å². The monoisotopic (exact) mass is 408 g/mol. The number of H-pyrrole nitrogens is 1. The van der Waals surface area contributed by atoms with Gasteiger partial charge in [0.15, 0.2) is 0 Å². The fourth-order valence-electron chi connectivity index (χ4n) is 4.05. The van der Waals surface area contributed by atoms with E-state index in [4.69, 9.17) is 0 Å². The van der Waals surface area contributed by atoms with Gasteiger partial charge in [-0.05, 0) is 54.4 Å². The van der Waals surface area contributed by atoms with Crippen LogP contribution in [0.5, 0.6) is 0 Å². The first-order valence-corrected chi connectivity index (χ1v) is 10.00. The molecule has 150 valence electrons. The van der Waals surface area contributed by atoms with Crippen LogP contribution >= 0.6 is 0 Å². The van der Waals surface area contributed by atoms with Crippen LogP contribution in [0.25, 0.3) is 44.1 Å². The number of hydrogen-bond acceptors (Lipinski definition) is 4. The smallest absolute Gasteiger partial charge is 0.137 e. The van der Waals surface area contributed by atoms with Crippen molar-refractivity contribution in [1.29, 1.82) is 0 Å². The van der Waals surface area contributed by atoms with Crippen LogP contribution in [-0.4, -0.2) is 29.9 Å². The number of nitrogens with one attached hydrogen (secondary N) is 1. The molecule has 0 aliphatic heterocycles. The predicted molar refractivity (Wildman–Crippen MR) is 118 cm³/mol. The molecule has 0 unspecified atom stereocenters. The van der Waals surface area contributed by atoms with E-state index in [9.17, 15) is 4.39 Å². The first-order chi connectivity index (χ1) is 15.2. The van der Waals surface area contributed by atoms with Gasteiger partial charge in [-0.1, -0.05) is 23.4 Å². The number of aromatic amines is 1. The van der Waals surface area contributed by atoms with E-state index in [0.29, 0.717) is 0 Å². The van der Waals surface area contributed by atoms with Gasteiger partial charge in [0.05, 0.1) is 17.8 Å². The number of hydrogen-bond donors (Lipinski definition) is 1. The molecule has 2 aromatic carbocycles. The van der Waals surface area contributed by atoms with Gasteiger partial charge in [0.2, 0.25) is 0 Å². The number of aromatic nitrogens is 6. The van der Waals surface area contributed by atoms with E-state index in [2.05, 4.69) is 37.4 Å². The van der Waals surface area contributed by atoms with E-state index in [-0.39, 0.29) is 11.9 Å². The number of nitrogens with zero attached hydrogens (tertiary/aromatic N) is 5. The Hall–Kier alpha value is -4.13. The van der Waals surface area contributed by atoms with Gasteiger partial charge in [-0.15, -0.1) is 5.10 Å². The van der Waals surface area contributed by atoms with Crippen molar-refractivity contribution >= 4 is 33.0 Å². The molecule has 6 aromatic rings. The average Bonchev–Trinajstić information content (AvgIpc) is 3.45. The van der Waals surface area contributed by atoms with E-state index < -0.39 is 0 Å². The first kappa shape index (κ1) is 17.7. The zero-order chi connectivity index (χ0) is 20.9. The lowest BCUT2D eigenvalue weighted by molar-refractivity contribution is 0.558. The predicted octanol–water partition coefficient (Wildman–Crippen LogP) is 5.27. The Balaban J connectivity index is 1.54. The van der Waals surface area contributed by atoms with Gasteiger partial charge in [0.1, 0.15) is 22.5 Å². The summed E-state index contributed by atoms with van der Waals surface area (Å²) < 4.78 is 15.3. The third-order valence-corrected chi connectivity index (χ3v) is 5.75. The summed E-state index contributed by atoms with van der Waals surface area (Å²) in [6.07, 6.45) is 5.49. The Kier molecular flexibility index (Phi) is 3.83. The van der Waals surface area contributed by atoms with Crippen LogP contribution in [0.2, 0.25) is 0 Å². The van der Waals surface area contributed by atoms with Crippen molar-refractivity contribution < 1.29 is 4.39 Å². The van der Waals surface area contributed by atoms with Crippen molar-refractivity contribution in [2.24, 2.45) is 0 Å². The largest absolute Gasteiger partial charge is 0.346 e. The maximum Gasteiger partial charge on any atom is 0.137 e. The third kappa shape index (κ3) is 2.85. The van der Waals surface area contributed by atoms with E-state index >= 15 is 0 Å². The summed E-state index contributed by atoms with van der Waals surface area (Å²) in [5.41, 5.74) is 6.37. The first-order valence-electron chi connectivity index (χ1n) is 10.00. The molecule has 0 amide bonds. The Morgan fingerprint density at radius 2 is 1.77 bits per heavy atom. The van der Waals surface area contributed by atoms with Gasteiger partial charge in [-0.25, -0.2) is 14.1 Å². The molecule has 0 saturated carbocycles. The Morgan fingerprint density at radius 3 is 2.65 bits per heavy atom.